The van der Waals surface area contributed by atoms with Crippen LogP contribution in [0, 0.1) is 6.92 Å². The van der Waals surface area contributed by atoms with E-state index in [1.165, 1.54) is 12.8 Å². The first kappa shape index (κ1) is 20.8. The molecule has 1 unspecified atom stereocenters. The maximum absolute atomic E-state index is 12.0. The van der Waals surface area contributed by atoms with E-state index in [1.807, 2.05) is 13.0 Å². The molecule has 7 heteroatoms. The number of benzene rings is 1. The Morgan fingerprint density at radius 2 is 2.04 bits per heavy atom. The van der Waals surface area contributed by atoms with E-state index in [9.17, 15) is 9.90 Å². The van der Waals surface area contributed by atoms with Crippen molar-refractivity contribution in [3.63, 3.8) is 0 Å². The standard InChI is InChI=1S/C19H30ClN3O3/c1-14-10-16(6-7-17(14)20)26-12-15(24)11-21-18(25)22-13-19(2,3)23-8-4-5-9-23/h6-7,10,15,24H,4-5,8-9,11-13H2,1-3H3,(H2,21,22,25). The second kappa shape index (κ2) is 9.44. The topological polar surface area (TPSA) is 73.8 Å². The SMILES string of the molecule is Cc1cc(OCC(O)CNC(=O)NCC(C)(C)N2CCCC2)ccc1Cl. The summed E-state index contributed by atoms with van der Waals surface area (Å²) in [7, 11) is 0. The number of likely N-dealkylation sites (tertiary alicyclic amines) is 1. The molecule has 0 bridgehead atoms. The van der Waals surface area contributed by atoms with Crippen LogP contribution in [0.5, 0.6) is 5.75 Å². The molecule has 1 aliphatic heterocycles. The summed E-state index contributed by atoms with van der Waals surface area (Å²) in [5.41, 5.74) is 0.846. The minimum absolute atomic E-state index is 0.0675. The summed E-state index contributed by atoms with van der Waals surface area (Å²) in [4.78, 5) is 14.4. The van der Waals surface area contributed by atoms with E-state index < -0.39 is 6.10 Å². The summed E-state index contributed by atoms with van der Waals surface area (Å²) < 4.78 is 5.53. The molecule has 1 heterocycles. The molecule has 1 aliphatic rings. The zero-order valence-corrected chi connectivity index (χ0v) is 16.6. The molecule has 146 valence electrons. The number of halogens is 1. The van der Waals surface area contributed by atoms with E-state index in [0.717, 1.165) is 18.7 Å². The van der Waals surface area contributed by atoms with Crippen LogP contribution in [0.25, 0.3) is 0 Å². The quantitative estimate of drug-likeness (QED) is 0.645. The summed E-state index contributed by atoms with van der Waals surface area (Å²) in [6, 6.07) is 5.05. The van der Waals surface area contributed by atoms with Crippen molar-refractivity contribution in [3.05, 3.63) is 28.8 Å². The molecule has 0 aliphatic carbocycles. The maximum Gasteiger partial charge on any atom is 0.314 e. The molecule has 26 heavy (non-hydrogen) atoms. The molecule has 1 aromatic rings. The zero-order chi connectivity index (χ0) is 19.2. The van der Waals surface area contributed by atoms with Crippen LogP contribution in [0.15, 0.2) is 18.2 Å². The molecule has 6 nitrogen and oxygen atoms in total. The van der Waals surface area contributed by atoms with Crippen molar-refractivity contribution in [2.24, 2.45) is 0 Å². The minimum atomic E-state index is -0.789. The van der Waals surface area contributed by atoms with Crippen LogP contribution in [-0.4, -0.2) is 60.5 Å². The average Bonchev–Trinajstić information content (AvgIpc) is 3.15. The fourth-order valence-electron chi connectivity index (χ4n) is 2.96. The number of hydrogen-bond acceptors (Lipinski definition) is 4. The van der Waals surface area contributed by atoms with Gasteiger partial charge in [-0.05, 0) is 70.5 Å². The van der Waals surface area contributed by atoms with Crippen LogP contribution < -0.4 is 15.4 Å². The van der Waals surface area contributed by atoms with E-state index in [0.29, 0.717) is 17.3 Å². The monoisotopic (exact) mass is 383 g/mol. The van der Waals surface area contributed by atoms with E-state index in [4.69, 9.17) is 16.3 Å². The first-order valence-corrected chi connectivity index (χ1v) is 9.49. The Hall–Kier alpha value is -1.50. The summed E-state index contributed by atoms with van der Waals surface area (Å²) >= 11 is 5.97. The molecule has 0 spiro atoms. The first-order chi connectivity index (χ1) is 12.3. The number of urea groups is 1. The Morgan fingerprint density at radius 1 is 1.35 bits per heavy atom. The highest BCUT2D eigenvalue weighted by atomic mass is 35.5. The fraction of sp³-hybridized carbons (Fsp3) is 0.632. The highest BCUT2D eigenvalue weighted by Crippen LogP contribution is 2.21. The van der Waals surface area contributed by atoms with Gasteiger partial charge in [0.1, 0.15) is 18.5 Å². The van der Waals surface area contributed by atoms with Crippen molar-refractivity contribution >= 4 is 17.6 Å². The molecule has 3 N–H and O–H groups in total. The fourth-order valence-corrected chi connectivity index (χ4v) is 3.08. The van der Waals surface area contributed by atoms with Crippen molar-refractivity contribution < 1.29 is 14.6 Å². The van der Waals surface area contributed by atoms with Crippen molar-refractivity contribution in [2.75, 3.05) is 32.8 Å². The van der Waals surface area contributed by atoms with Gasteiger partial charge in [-0.3, -0.25) is 4.90 Å². The summed E-state index contributed by atoms with van der Waals surface area (Å²) in [6.07, 6.45) is 1.65. The molecule has 1 aromatic carbocycles. The molecule has 1 atom stereocenters. The predicted octanol–water partition coefficient (Wildman–Crippen LogP) is 2.56. The lowest BCUT2D eigenvalue weighted by Gasteiger charge is -2.35. The van der Waals surface area contributed by atoms with E-state index in [1.54, 1.807) is 12.1 Å². The Labute approximate surface area is 160 Å². The highest BCUT2D eigenvalue weighted by Gasteiger charge is 2.29. The highest BCUT2D eigenvalue weighted by molar-refractivity contribution is 6.31. The van der Waals surface area contributed by atoms with Crippen molar-refractivity contribution in [1.82, 2.24) is 15.5 Å². The molecular weight excluding hydrogens is 354 g/mol. The summed E-state index contributed by atoms with van der Waals surface area (Å²) in [5.74, 6) is 0.641. The molecule has 0 aromatic heterocycles. The number of carbonyl (C=O) groups excluding carboxylic acids is 1. The van der Waals surface area contributed by atoms with E-state index >= 15 is 0 Å². The first-order valence-electron chi connectivity index (χ1n) is 9.12. The summed E-state index contributed by atoms with van der Waals surface area (Å²) in [5, 5.41) is 16.2. The second-order valence-electron chi connectivity index (χ2n) is 7.45. The molecule has 1 saturated heterocycles. The number of hydrogen-bond donors (Lipinski definition) is 3. The van der Waals surface area contributed by atoms with Gasteiger partial charge in [-0.25, -0.2) is 4.79 Å². The largest absolute Gasteiger partial charge is 0.491 e. The third kappa shape index (κ3) is 6.34. The van der Waals surface area contributed by atoms with Crippen LogP contribution in [0.1, 0.15) is 32.3 Å². The number of ether oxygens (including phenoxy) is 1. The van der Waals surface area contributed by atoms with Crippen LogP contribution in [0.4, 0.5) is 4.79 Å². The molecular formula is C19H30ClN3O3. The normalized spacial score (nSPS) is 16.3. The molecule has 2 amide bonds. The van der Waals surface area contributed by atoms with Gasteiger partial charge in [-0.15, -0.1) is 0 Å². The van der Waals surface area contributed by atoms with Gasteiger partial charge >= 0.3 is 6.03 Å². The van der Waals surface area contributed by atoms with Gasteiger partial charge in [0.25, 0.3) is 0 Å². The Kier molecular flexibility index (Phi) is 7.55. The second-order valence-corrected chi connectivity index (χ2v) is 7.85. The van der Waals surface area contributed by atoms with Crippen molar-refractivity contribution in [3.8, 4) is 5.75 Å². The van der Waals surface area contributed by atoms with Gasteiger partial charge in [0.05, 0.1) is 0 Å². The predicted molar refractivity (Wildman–Crippen MR) is 104 cm³/mol. The molecule has 2 rings (SSSR count). The summed E-state index contributed by atoms with van der Waals surface area (Å²) in [6.45, 7) is 9.11. The Balaban J connectivity index is 1.65. The lowest BCUT2D eigenvalue weighted by Crippen LogP contribution is -2.52. The van der Waals surface area contributed by atoms with Gasteiger partial charge in [0, 0.05) is 23.7 Å². The van der Waals surface area contributed by atoms with Crippen LogP contribution >= 0.6 is 11.6 Å². The lowest BCUT2D eigenvalue weighted by molar-refractivity contribution is 0.107. The van der Waals surface area contributed by atoms with Gasteiger partial charge in [0.2, 0.25) is 0 Å². The minimum Gasteiger partial charge on any atom is -0.491 e. The number of aryl methyl sites for hydroxylation is 1. The number of aliphatic hydroxyl groups is 1. The van der Waals surface area contributed by atoms with Crippen LogP contribution in [0.2, 0.25) is 5.02 Å². The number of nitrogens with zero attached hydrogens (tertiary/aromatic N) is 1. The number of carbonyl (C=O) groups is 1. The molecule has 1 fully saturated rings. The average molecular weight is 384 g/mol. The third-order valence-corrected chi connectivity index (χ3v) is 5.14. The van der Waals surface area contributed by atoms with Crippen LogP contribution in [-0.2, 0) is 0 Å². The third-order valence-electron chi connectivity index (χ3n) is 4.71. The van der Waals surface area contributed by atoms with Gasteiger partial charge in [-0.2, -0.15) is 0 Å². The number of aliphatic hydroxyl groups excluding tert-OH is 1. The molecule has 0 saturated carbocycles. The van der Waals surface area contributed by atoms with Gasteiger partial charge in [0.15, 0.2) is 0 Å². The Morgan fingerprint density at radius 3 is 2.69 bits per heavy atom. The Bertz CT molecular complexity index is 604. The van der Waals surface area contributed by atoms with Crippen molar-refractivity contribution in [1.29, 1.82) is 0 Å². The van der Waals surface area contributed by atoms with E-state index in [-0.39, 0.29) is 24.7 Å². The van der Waals surface area contributed by atoms with Gasteiger partial charge in [-0.1, -0.05) is 11.6 Å². The zero-order valence-electron chi connectivity index (χ0n) is 15.8. The number of amides is 2. The lowest BCUT2D eigenvalue weighted by atomic mass is 10.0. The van der Waals surface area contributed by atoms with Gasteiger partial charge < -0.3 is 20.5 Å². The smallest absolute Gasteiger partial charge is 0.314 e. The van der Waals surface area contributed by atoms with Crippen LogP contribution in [0.3, 0.4) is 0 Å². The maximum atomic E-state index is 12.0. The van der Waals surface area contributed by atoms with E-state index in [2.05, 4.69) is 29.4 Å². The number of rotatable bonds is 8. The van der Waals surface area contributed by atoms with Crippen molar-refractivity contribution in [2.45, 2.75) is 45.3 Å². The number of nitrogens with one attached hydrogen (secondary N) is 2. The molecule has 0 radical (unpaired) electrons.